The maximum absolute atomic E-state index is 10.4. The van der Waals surface area contributed by atoms with Crippen molar-refractivity contribution in [3.8, 4) is 0 Å². The summed E-state index contributed by atoms with van der Waals surface area (Å²) in [5.74, 6) is -0.0522. The Hall–Kier alpha value is -0.840. The summed E-state index contributed by atoms with van der Waals surface area (Å²) >= 11 is 0. The molecule has 1 aliphatic carbocycles. The molecule has 0 aromatic rings. The third-order valence-corrected chi connectivity index (χ3v) is 6.20. The van der Waals surface area contributed by atoms with Crippen LogP contribution >= 0.6 is 0 Å². The standard InChI is InChI=1S/C21H36O8/c1-13(12-22)6-5-9-21(4,15-7-10-20(3,29-26)11-8-15)28-19-18(25)17(24)16(23)14(2)27-19/h6-7,10,14-19,22-26H,5,8-9,11-12H2,1-4H3/b13-6-/t14-,15-,16+,17+,18-,19+,20?,21+/m1/s1. The van der Waals surface area contributed by atoms with Crippen molar-refractivity contribution >= 4 is 0 Å². The number of aliphatic hydroxyl groups excluding tert-OH is 4. The Kier molecular flexibility index (Phi) is 8.41. The second kappa shape index (κ2) is 9.98. The van der Waals surface area contributed by atoms with Gasteiger partial charge in [-0.1, -0.05) is 23.8 Å². The lowest BCUT2D eigenvalue weighted by Crippen LogP contribution is -2.59. The maximum atomic E-state index is 10.4. The van der Waals surface area contributed by atoms with E-state index in [1.165, 1.54) is 0 Å². The van der Waals surface area contributed by atoms with Gasteiger partial charge in [0.25, 0.3) is 0 Å². The van der Waals surface area contributed by atoms with Crippen LogP contribution < -0.4 is 0 Å². The largest absolute Gasteiger partial charge is 0.392 e. The Morgan fingerprint density at radius 2 is 1.97 bits per heavy atom. The number of aliphatic hydroxyl groups is 4. The zero-order chi connectivity index (χ0) is 21.8. The van der Waals surface area contributed by atoms with Crippen LogP contribution in [0.1, 0.15) is 53.4 Å². The summed E-state index contributed by atoms with van der Waals surface area (Å²) < 4.78 is 11.9. The maximum Gasteiger partial charge on any atom is 0.187 e. The summed E-state index contributed by atoms with van der Waals surface area (Å²) in [5.41, 5.74) is -0.651. The van der Waals surface area contributed by atoms with E-state index < -0.39 is 41.9 Å². The van der Waals surface area contributed by atoms with Crippen LogP contribution in [0.25, 0.3) is 0 Å². The molecule has 2 rings (SSSR count). The van der Waals surface area contributed by atoms with Crippen molar-refractivity contribution in [2.75, 3.05) is 6.61 Å². The van der Waals surface area contributed by atoms with Crippen LogP contribution in [0.4, 0.5) is 0 Å². The quantitative estimate of drug-likeness (QED) is 0.229. The molecule has 0 bridgehead atoms. The highest BCUT2D eigenvalue weighted by Crippen LogP contribution is 2.40. The van der Waals surface area contributed by atoms with Crippen LogP contribution in [-0.2, 0) is 14.4 Å². The summed E-state index contributed by atoms with van der Waals surface area (Å²) in [6.07, 6.45) is 2.45. The van der Waals surface area contributed by atoms with Gasteiger partial charge in [0.2, 0.25) is 0 Å². The fourth-order valence-corrected chi connectivity index (χ4v) is 3.90. The van der Waals surface area contributed by atoms with Crippen LogP contribution in [0.3, 0.4) is 0 Å². The van der Waals surface area contributed by atoms with Crippen molar-refractivity contribution in [2.24, 2.45) is 5.92 Å². The lowest BCUT2D eigenvalue weighted by molar-refractivity contribution is -0.326. The topological polar surface area (TPSA) is 129 Å². The average molecular weight is 417 g/mol. The minimum atomic E-state index is -1.38. The van der Waals surface area contributed by atoms with E-state index in [-0.39, 0.29) is 12.5 Å². The normalized spacial score (nSPS) is 40.7. The SMILES string of the molecule is C/C(=C/CC[C@](C)(O[C@@H]1O[C@H](C)[C@H](O)[C@H](O)[C@H]1O)[C@@H]1C=CC(C)(OO)CC1)CO. The van der Waals surface area contributed by atoms with E-state index in [1.54, 1.807) is 19.9 Å². The first-order chi connectivity index (χ1) is 13.5. The Bertz CT molecular complexity index is 593. The molecule has 0 radical (unpaired) electrons. The summed E-state index contributed by atoms with van der Waals surface area (Å²) in [4.78, 5) is 4.58. The Morgan fingerprint density at radius 3 is 2.52 bits per heavy atom. The van der Waals surface area contributed by atoms with E-state index in [0.717, 1.165) is 5.57 Å². The number of allylic oxidation sites excluding steroid dienone is 1. The van der Waals surface area contributed by atoms with Gasteiger partial charge in [-0.3, -0.25) is 5.26 Å². The highest BCUT2D eigenvalue weighted by Gasteiger charge is 2.47. The molecule has 0 amide bonds. The van der Waals surface area contributed by atoms with E-state index in [4.69, 9.17) is 14.7 Å². The predicted molar refractivity (Wildman–Crippen MR) is 106 cm³/mol. The molecule has 1 unspecified atom stereocenters. The number of hydrogen-bond donors (Lipinski definition) is 5. The Labute approximate surface area is 172 Å². The molecule has 29 heavy (non-hydrogen) atoms. The lowest BCUT2D eigenvalue weighted by Gasteiger charge is -2.46. The zero-order valence-electron chi connectivity index (χ0n) is 17.7. The number of hydrogen-bond acceptors (Lipinski definition) is 8. The summed E-state index contributed by atoms with van der Waals surface area (Å²) in [5, 5.41) is 48.8. The molecule has 2 aliphatic rings. The second-order valence-corrected chi connectivity index (χ2v) is 8.77. The summed E-state index contributed by atoms with van der Waals surface area (Å²) in [7, 11) is 0. The van der Waals surface area contributed by atoms with Crippen LogP contribution in [0.2, 0.25) is 0 Å². The van der Waals surface area contributed by atoms with Gasteiger partial charge in [0.15, 0.2) is 6.29 Å². The molecule has 1 fully saturated rings. The molecule has 0 aromatic heterocycles. The first kappa shape index (κ1) is 24.4. The fourth-order valence-electron chi connectivity index (χ4n) is 3.90. The molecule has 0 spiro atoms. The van der Waals surface area contributed by atoms with Gasteiger partial charge in [0.1, 0.15) is 23.9 Å². The van der Waals surface area contributed by atoms with E-state index in [1.807, 2.05) is 26.0 Å². The van der Waals surface area contributed by atoms with Gasteiger partial charge >= 0.3 is 0 Å². The van der Waals surface area contributed by atoms with Crippen molar-refractivity contribution in [3.63, 3.8) is 0 Å². The minimum Gasteiger partial charge on any atom is -0.392 e. The van der Waals surface area contributed by atoms with Gasteiger partial charge < -0.3 is 29.9 Å². The monoisotopic (exact) mass is 416 g/mol. The van der Waals surface area contributed by atoms with E-state index in [9.17, 15) is 20.4 Å². The Balaban J connectivity index is 2.21. The summed E-state index contributed by atoms with van der Waals surface area (Å²) in [6, 6.07) is 0. The number of ether oxygens (including phenoxy) is 2. The average Bonchev–Trinajstić information content (AvgIpc) is 2.70. The predicted octanol–water partition coefficient (Wildman–Crippen LogP) is 1.52. The highest BCUT2D eigenvalue weighted by molar-refractivity contribution is 5.11. The van der Waals surface area contributed by atoms with Crippen molar-refractivity contribution in [1.82, 2.24) is 0 Å². The molecular formula is C21H36O8. The molecule has 5 N–H and O–H groups in total. The molecule has 1 heterocycles. The van der Waals surface area contributed by atoms with E-state index in [0.29, 0.717) is 25.7 Å². The molecule has 168 valence electrons. The van der Waals surface area contributed by atoms with Crippen LogP contribution in [0, 0.1) is 5.92 Å². The van der Waals surface area contributed by atoms with Crippen molar-refractivity contribution in [2.45, 2.75) is 95.3 Å². The van der Waals surface area contributed by atoms with Gasteiger partial charge in [-0.15, -0.1) is 0 Å². The molecular weight excluding hydrogens is 380 g/mol. The van der Waals surface area contributed by atoms with Crippen LogP contribution in [0.5, 0.6) is 0 Å². The van der Waals surface area contributed by atoms with Crippen molar-refractivity contribution in [1.29, 1.82) is 0 Å². The molecule has 8 atom stereocenters. The fraction of sp³-hybridized carbons (Fsp3) is 0.810. The Morgan fingerprint density at radius 1 is 1.28 bits per heavy atom. The van der Waals surface area contributed by atoms with Crippen LogP contribution in [-0.4, -0.2) is 74.2 Å². The molecule has 1 aliphatic heterocycles. The van der Waals surface area contributed by atoms with E-state index >= 15 is 0 Å². The highest BCUT2D eigenvalue weighted by atomic mass is 17.1. The zero-order valence-corrected chi connectivity index (χ0v) is 17.7. The number of rotatable bonds is 8. The van der Waals surface area contributed by atoms with Crippen molar-refractivity contribution < 1.29 is 40.0 Å². The third kappa shape index (κ3) is 5.86. The van der Waals surface area contributed by atoms with Gasteiger partial charge in [-0.2, -0.15) is 0 Å². The van der Waals surface area contributed by atoms with Crippen molar-refractivity contribution in [3.05, 3.63) is 23.8 Å². The first-order valence-electron chi connectivity index (χ1n) is 10.2. The smallest absolute Gasteiger partial charge is 0.187 e. The lowest BCUT2D eigenvalue weighted by atomic mass is 9.75. The molecule has 8 heteroatoms. The summed E-state index contributed by atoms with van der Waals surface area (Å²) in [6.45, 7) is 7.16. The van der Waals surface area contributed by atoms with Gasteiger partial charge in [0, 0.05) is 5.92 Å². The molecule has 8 nitrogen and oxygen atoms in total. The van der Waals surface area contributed by atoms with E-state index in [2.05, 4.69) is 4.89 Å². The van der Waals surface area contributed by atoms with Gasteiger partial charge in [-0.25, -0.2) is 4.89 Å². The van der Waals surface area contributed by atoms with Gasteiger partial charge in [-0.05, 0) is 53.4 Å². The minimum absolute atomic E-state index is 0.0147. The van der Waals surface area contributed by atoms with Crippen LogP contribution in [0.15, 0.2) is 23.8 Å². The molecule has 0 saturated carbocycles. The molecule has 0 aromatic carbocycles. The third-order valence-electron chi connectivity index (χ3n) is 6.20. The first-order valence-corrected chi connectivity index (χ1v) is 10.2. The van der Waals surface area contributed by atoms with Gasteiger partial charge in [0.05, 0.1) is 18.3 Å². The second-order valence-electron chi connectivity index (χ2n) is 8.77. The molecule has 1 saturated heterocycles.